The minimum atomic E-state index is -1.16. The summed E-state index contributed by atoms with van der Waals surface area (Å²) in [6.07, 6.45) is 0.801. The van der Waals surface area contributed by atoms with Crippen molar-refractivity contribution in [3.05, 3.63) is 29.3 Å². The van der Waals surface area contributed by atoms with Crippen molar-refractivity contribution in [2.24, 2.45) is 5.41 Å². The van der Waals surface area contributed by atoms with Crippen molar-refractivity contribution in [2.75, 3.05) is 13.7 Å². The molecule has 0 bridgehead atoms. The van der Waals surface area contributed by atoms with Gasteiger partial charge in [0, 0.05) is 12.0 Å². The van der Waals surface area contributed by atoms with E-state index in [1.54, 1.807) is 32.0 Å². The van der Waals surface area contributed by atoms with E-state index in [2.05, 4.69) is 4.74 Å². The van der Waals surface area contributed by atoms with Gasteiger partial charge in [-0.1, -0.05) is 0 Å². The normalized spacial score (nSPS) is 13.7. The van der Waals surface area contributed by atoms with E-state index in [4.69, 9.17) is 4.74 Å². The summed E-state index contributed by atoms with van der Waals surface area (Å²) in [5, 5.41) is 0. The van der Waals surface area contributed by atoms with Gasteiger partial charge in [0.05, 0.1) is 13.7 Å². The fourth-order valence-electron chi connectivity index (χ4n) is 2.04. The molecular formula is C14H16O4. The van der Waals surface area contributed by atoms with Gasteiger partial charge in [0.2, 0.25) is 0 Å². The molecule has 0 atom stereocenters. The van der Waals surface area contributed by atoms with E-state index in [0.717, 1.165) is 17.7 Å². The van der Waals surface area contributed by atoms with Crippen LogP contribution in [-0.2, 0) is 16.0 Å². The third-order valence-electron chi connectivity index (χ3n) is 3.22. The Bertz CT molecular complexity index is 503. The summed E-state index contributed by atoms with van der Waals surface area (Å²) >= 11 is 0. The van der Waals surface area contributed by atoms with Crippen LogP contribution in [0.5, 0.6) is 5.75 Å². The first-order valence-electron chi connectivity index (χ1n) is 5.86. The van der Waals surface area contributed by atoms with Crippen LogP contribution in [0, 0.1) is 5.41 Å². The molecule has 4 nitrogen and oxygen atoms in total. The summed E-state index contributed by atoms with van der Waals surface area (Å²) in [4.78, 5) is 23.9. The number of benzene rings is 1. The van der Waals surface area contributed by atoms with Crippen LogP contribution in [-0.4, -0.2) is 25.5 Å². The summed E-state index contributed by atoms with van der Waals surface area (Å²) in [6, 6.07) is 5.27. The van der Waals surface area contributed by atoms with Crippen LogP contribution in [0.15, 0.2) is 18.2 Å². The van der Waals surface area contributed by atoms with E-state index in [0.29, 0.717) is 12.2 Å². The number of hydrogen-bond acceptors (Lipinski definition) is 4. The molecule has 96 valence electrons. The predicted molar refractivity (Wildman–Crippen MR) is 65.8 cm³/mol. The topological polar surface area (TPSA) is 52.6 Å². The summed E-state index contributed by atoms with van der Waals surface area (Å²) in [5.41, 5.74) is 0.374. The second-order valence-electron chi connectivity index (χ2n) is 4.87. The summed E-state index contributed by atoms with van der Waals surface area (Å²) in [7, 11) is 1.29. The number of esters is 1. The summed E-state index contributed by atoms with van der Waals surface area (Å²) in [6.45, 7) is 3.79. The van der Waals surface area contributed by atoms with Crippen molar-refractivity contribution in [2.45, 2.75) is 20.3 Å². The lowest BCUT2D eigenvalue weighted by Gasteiger charge is -2.20. The Labute approximate surface area is 106 Å². The van der Waals surface area contributed by atoms with E-state index >= 15 is 0 Å². The number of Topliss-reactive ketones (excluding diaryl/α,β-unsaturated/α-hetero) is 1. The summed E-state index contributed by atoms with van der Waals surface area (Å²) in [5.74, 6) is 0.0655. The molecule has 0 unspecified atom stereocenters. The van der Waals surface area contributed by atoms with Crippen molar-refractivity contribution < 1.29 is 19.1 Å². The van der Waals surface area contributed by atoms with Crippen LogP contribution >= 0.6 is 0 Å². The Hall–Kier alpha value is -1.84. The number of ether oxygens (including phenoxy) is 2. The highest BCUT2D eigenvalue weighted by molar-refractivity contribution is 6.11. The minimum absolute atomic E-state index is 0.232. The zero-order valence-electron chi connectivity index (χ0n) is 10.8. The van der Waals surface area contributed by atoms with Crippen LogP contribution < -0.4 is 4.74 Å². The molecule has 0 aliphatic carbocycles. The molecule has 0 aromatic heterocycles. The minimum Gasteiger partial charge on any atom is -0.493 e. The second-order valence-corrected chi connectivity index (χ2v) is 4.87. The number of hydrogen-bond donors (Lipinski definition) is 0. The molecule has 0 fully saturated rings. The fourth-order valence-corrected chi connectivity index (χ4v) is 2.04. The SMILES string of the molecule is COC(=O)C(C)(C)C(=O)c1ccc2c(c1)CCO2. The zero-order valence-corrected chi connectivity index (χ0v) is 10.8. The first-order chi connectivity index (χ1) is 8.46. The highest BCUT2D eigenvalue weighted by Gasteiger charge is 2.38. The summed E-state index contributed by atoms with van der Waals surface area (Å²) < 4.78 is 10.1. The van der Waals surface area contributed by atoms with Gasteiger partial charge in [-0.15, -0.1) is 0 Å². The van der Waals surface area contributed by atoms with Crippen molar-refractivity contribution in [3.63, 3.8) is 0 Å². The molecule has 1 heterocycles. The molecule has 18 heavy (non-hydrogen) atoms. The van der Waals surface area contributed by atoms with Gasteiger partial charge in [-0.05, 0) is 37.6 Å². The highest BCUT2D eigenvalue weighted by atomic mass is 16.5. The molecule has 0 radical (unpaired) electrons. The Morgan fingerprint density at radius 2 is 2.06 bits per heavy atom. The van der Waals surface area contributed by atoms with E-state index in [9.17, 15) is 9.59 Å². The highest BCUT2D eigenvalue weighted by Crippen LogP contribution is 2.29. The third-order valence-corrected chi connectivity index (χ3v) is 3.22. The molecule has 1 aromatic rings. The molecule has 0 N–H and O–H groups in total. The number of carbonyl (C=O) groups excluding carboxylic acids is 2. The number of carbonyl (C=O) groups is 2. The van der Waals surface area contributed by atoms with E-state index < -0.39 is 11.4 Å². The largest absolute Gasteiger partial charge is 0.493 e. The van der Waals surface area contributed by atoms with Gasteiger partial charge in [-0.25, -0.2) is 0 Å². The van der Waals surface area contributed by atoms with E-state index in [1.807, 2.05) is 0 Å². The zero-order chi connectivity index (χ0) is 13.3. The van der Waals surface area contributed by atoms with Gasteiger partial charge in [-0.3, -0.25) is 9.59 Å². The lowest BCUT2D eigenvalue weighted by molar-refractivity contribution is -0.147. The molecule has 0 amide bonds. The van der Waals surface area contributed by atoms with Gasteiger partial charge in [0.1, 0.15) is 11.2 Å². The maximum atomic E-state index is 12.3. The van der Waals surface area contributed by atoms with Crippen LogP contribution in [0.2, 0.25) is 0 Å². The monoisotopic (exact) mass is 248 g/mol. The van der Waals surface area contributed by atoms with E-state index in [-0.39, 0.29) is 5.78 Å². The van der Waals surface area contributed by atoms with Gasteiger partial charge >= 0.3 is 5.97 Å². The lowest BCUT2D eigenvalue weighted by atomic mass is 9.84. The molecule has 0 saturated heterocycles. The smallest absolute Gasteiger partial charge is 0.319 e. The molecule has 0 spiro atoms. The van der Waals surface area contributed by atoms with Crippen LogP contribution in [0.1, 0.15) is 29.8 Å². The Kier molecular flexibility index (Phi) is 3.11. The average Bonchev–Trinajstić information content (AvgIpc) is 2.83. The molecule has 4 heteroatoms. The quantitative estimate of drug-likeness (QED) is 0.466. The number of ketones is 1. The predicted octanol–water partition coefficient (Wildman–Crippen LogP) is 2.00. The Balaban J connectivity index is 2.32. The van der Waals surface area contributed by atoms with Crippen molar-refractivity contribution >= 4 is 11.8 Å². The maximum absolute atomic E-state index is 12.3. The van der Waals surface area contributed by atoms with Gasteiger partial charge in [0.25, 0.3) is 0 Å². The first kappa shape index (κ1) is 12.6. The van der Waals surface area contributed by atoms with Gasteiger partial charge in [0.15, 0.2) is 5.78 Å². The van der Waals surface area contributed by atoms with Crippen LogP contribution in [0.25, 0.3) is 0 Å². The standard InChI is InChI=1S/C14H16O4/c1-14(2,13(16)17-3)12(15)10-4-5-11-9(8-10)6-7-18-11/h4-5,8H,6-7H2,1-3H3. The molecule has 1 aromatic carbocycles. The second kappa shape index (κ2) is 4.44. The van der Waals surface area contributed by atoms with Crippen molar-refractivity contribution in [3.8, 4) is 5.75 Å². The molecule has 1 aliphatic heterocycles. The Morgan fingerprint density at radius 1 is 1.33 bits per heavy atom. The maximum Gasteiger partial charge on any atom is 0.319 e. The van der Waals surface area contributed by atoms with Crippen LogP contribution in [0.3, 0.4) is 0 Å². The number of fused-ring (bicyclic) bond motifs is 1. The van der Waals surface area contributed by atoms with Crippen molar-refractivity contribution in [1.82, 2.24) is 0 Å². The van der Waals surface area contributed by atoms with Gasteiger partial charge < -0.3 is 9.47 Å². The number of rotatable bonds is 3. The van der Waals surface area contributed by atoms with Crippen LogP contribution in [0.4, 0.5) is 0 Å². The molecule has 0 saturated carbocycles. The molecular weight excluding hydrogens is 232 g/mol. The third kappa shape index (κ3) is 1.98. The number of methoxy groups -OCH3 is 1. The first-order valence-corrected chi connectivity index (χ1v) is 5.86. The fraction of sp³-hybridized carbons (Fsp3) is 0.429. The molecule has 2 rings (SSSR count). The van der Waals surface area contributed by atoms with E-state index in [1.165, 1.54) is 7.11 Å². The van der Waals surface area contributed by atoms with Crippen molar-refractivity contribution in [1.29, 1.82) is 0 Å². The average molecular weight is 248 g/mol. The Morgan fingerprint density at radius 3 is 2.72 bits per heavy atom. The lowest BCUT2D eigenvalue weighted by Crippen LogP contribution is -2.34. The molecule has 1 aliphatic rings. The van der Waals surface area contributed by atoms with Gasteiger partial charge in [-0.2, -0.15) is 0 Å².